The minimum absolute atomic E-state index is 0.302. The van der Waals surface area contributed by atoms with Gasteiger partial charge in [-0.05, 0) is 62.0 Å². The summed E-state index contributed by atoms with van der Waals surface area (Å²) in [5, 5.41) is 0. The van der Waals surface area contributed by atoms with Crippen molar-refractivity contribution < 1.29 is 4.79 Å². The van der Waals surface area contributed by atoms with E-state index in [2.05, 4.69) is 45.9 Å². The minimum atomic E-state index is 0.302. The van der Waals surface area contributed by atoms with E-state index in [1.54, 1.807) is 0 Å². The molecule has 0 N–H and O–H groups in total. The molecule has 2 aliphatic rings. The number of carbonyl (C=O) groups excluding carboxylic acids is 1. The number of benzene rings is 1. The van der Waals surface area contributed by atoms with Gasteiger partial charge in [-0.1, -0.05) is 95.4 Å². The summed E-state index contributed by atoms with van der Waals surface area (Å²) in [6.45, 7) is 8.99. The van der Waals surface area contributed by atoms with Gasteiger partial charge >= 0.3 is 0 Å². The molecule has 0 amide bonds. The molecule has 1 heteroatoms. The fraction of sp³-hybridized carbons (Fsp3) is 0.741. The highest BCUT2D eigenvalue weighted by atomic mass is 16.1. The molecule has 2 fully saturated rings. The lowest BCUT2D eigenvalue weighted by Gasteiger charge is -2.13. The molecule has 1 aromatic rings. The SMILES string of the molecule is CCC(C)CCCCC1CCCC1.Cc1ccc(C2CCC(C=O)C2)c(C)c1. The number of unbranched alkanes of at least 4 members (excludes halogenated alkanes) is 1. The summed E-state index contributed by atoms with van der Waals surface area (Å²) in [4.78, 5) is 10.7. The fourth-order valence-corrected chi connectivity index (χ4v) is 5.14. The number of carbonyl (C=O) groups is 1. The van der Waals surface area contributed by atoms with E-state index in [0.717, 1.165) is 31.0 Å². The Bertz CT molecular complexity index is 570. The normalized spacial score (nSPS) is 23.3. The second-order valence-electron chi connectivity index (χ2n) is 9.71. The van der Waals surface area contributed by atoms with Crippen LogP contribution in [0.1, 0.15) is 114 Å². The van der Waals surface area contributed by atoms with Crippen LogP contribution in [0.4, 0.5) is 0 Å². The molecule has 3 unspecified atom stereocenters. The zero-order chi connectivity index (χ0) is 20.4. The Morgan fingerprint density at radius 1 is 1.07 bits per heavy atom. The minimum Gasteiger partial charge on any atom is -0.303 e. The van der Waals surface area contributed by atoms with E-state index in [-0.39, 0.29) is 0 Å². The van der Waals surface area contributed by atoms with Gasteiger partial charge in [0.25, 0.3) is 0 Å². The van der Waals surface area contributed by atoms with Gasteiger partial charge in [-0.3, -0.25) is 0 Å². The molecule has 0 aromatic heterocycles. The lowest BCUT2D eigenvalue weighted by molar-refractivity contribution is -0.110. The van der Waals surface area contributed by atoms with Crippen LogP contribution < -0.4 is 0 Å². The third-order valence-electron chi connectivity index (χ3n) is 7.26. The van der Waals surface area contributed by atoms with E-state index in [1.807, 2.05) is 0 Å². The summed E-state index contributed by atoms with van der Waals surface area (Å²) in [6, 6.07) is 6.66. The first-order valence-electron chi connectivity index (χ1n) is 12.1. The molecule has 28 heavy (non-hydrogen) atoms. The van der Waals surface area contributed by atoms with Gasteiger partial charge in [0.1, 0.15) is 6.29 Å². The molecule has 3 rings (SSSR count). The van der Waals surface area contributed by atoms with Crippen LogP contribution in [0.15, 0.2) is 18.2 Å². The molecule has 1 nitrogen and oxygen atoms in total. The largest absolute Gasteiger partial charge is 0.303 e. The Morgan fingerprint density at radius 2 is 1.82 bits per heavy atom. The fourth-order valence-electron chi connectivity index (χ4n) is 5.14. The van der Waals surface area contributed by atoms with Crippen molar-refractivity contribution in [2.24, 2.45) is 17.8 Å². The molecule has 0 spiro atoms. The van der Waals surface area contributed by atoms with E-state index < -0.39 is 0 Å². The molecule has 0 radical (unpaired) electrons. The number of aldehydes is 1. The Kier molecular flexibility index (Phi) is 10.3. The van der Waals surface area contributed by atoms with E-state index in [9.17, 15) is 4.79 Å². The maximum Gasteiger partial charge on any atom is 0.123 e. The van der Waals surface area contributed by atoms with Crippen LogP contribution in [0.3, 0.4) is 0 Å². The van der Waals surface area contributed by atoms with E-state index >= 15 is 0 Å². The summed E-state index contributed by atoms with van der Waals surface area (Å²) in [5.74, 6) is 2.98. The summed E-state index contributed by atoms with van der Waals surface area (Å²) < 4.78 is 0. The van der Waals surface area contributed by atoms with Gasteiger partial charge in [-0.2, -0.15) is 0 Å². The van der Waals surface area contributed by atoms with Crippen molar-refractivity contribution in [2.75, 3.05) is 0 Å². The van der Waals surface area contributed by atoms with Gasteiger partial charge in [-0.25, -0.2) is 0 Å². The number of rotatable bonds is 8. The first kappa shape index (κ1) is 23.2. The highest BCUT2D eigenvalue weighted by Gasteiger charge is 2.26. The molecule has 2 aliphatic carbocycles. The summed E-state index contributed by atoms with van der Waals surface area (Å²) in [7, 11) is 0. The molecule has 0 heterocycles. The molecule has 3 atom stereocenters. The summed E-state index contributed by atoms with van der Waals surface area (Å²) >= 11 is 0. The average Bonchev–Trinajstić information content (AvgIpc) is 3.37. The lowest BCUT2D eigenvalue weighted by Crippen LogP contribution is -1.99. The van der Waals surface area contributed by atoms with Gasteiger partial charge < -0.3 is 4.79 Å². The smallest absolute Gasteiger partial charge is 0.123 e. The van der Waals surface area contributed by atoms with Gasteiger partial charge in [0.05, 0.1) is 0 Å². The van der Waals surface area contributed by atoms with Gasteiger partial charge in [-0.15, -0.1) is 0 Å². The van der Waals surface area contributed by atoms with Gasteiger partial charge in [0, 0.05) is 5.92 Å². The first-order chi connectivity index (χ1) is 13.5. The zero-order valence-electron chi connectivity index (χ0n) is 19.0. The predicted octanol–water partition coefficient (Wildman–Crippen LogP) is 8.17. The van der Waals surface area contributed by atoms with Crippen molar-refractivity contribution in [1.29, 1.82) is 0 Å². The lowest BCUT2D eigenvalue weighted by atomic mass is 9.92. The Balaban J connectivity index is 0.000000203. The topological polar surface area (TPSA) is 17.1 Å². The van der Waals surface area contributed by atoms with E-state index in [0.29, 0.717) is 11.8 Å². The Hall–Kier alpha value is -1.11. The molecular weight excluding hydrogens is 340 g/mol. The molecular formula is C27H44O. The monoisotopic (exact) mass is 384 g/mol. The van der Waals surface area contributed by atoms with Crippen LogP contribution in [-0.2, 0) is 4.79 Å². The highest BCUT2D eigenvalue weighted by Crippen LogP contribution is 2.38. The molecule has 1 aromatic carbocycles. The Morgan fingerprint density at radius 3 is 2.43 bits per heavy atom. The maximum atomic E-state index is 10.7. The molecule has 0 bridgehead atoms. The number of aryl methyl sites for hydroxylation is 2. The highest BCUT2D eigenvalue weighted by molar-refractivity contribution is 5.54. The standard InChI is InChI=1S/C14H18O.C13H26/c1-10-3-6-14(11(2)7-10)13-5-4-12(8-13)9-15;1-3-12(2)8-4-5-9-13-10-6-7-11-13/h3,6-7,9,12-13H,4-5,8H2,1-2H3;12-13H,3-11H2,1-2H3. The molecule has 2 saturated carbocycles. The quantitative estimate of drug-likeness (QED) is 0.326. The van der Waals surface area contributed by atoms with Crippen LogP contribution in [0.5, 0.6) is 0 Å². The molecule has 0 aliphatic heterocycles. The van der Waals surface area contributed by atoms with Crippen LogP contribution in [0.25, 0.3) is 0 Å². The first-order valence-corrected chi connectivity index (χ1v) is 12.1. The van der Waals surface area contributed by atoms with Crippen molar-refractivity contribution >= 4 is 6.29 Å². The zero-order valence-corrected chi connectivity index (χ0v) is 19.0. The van der Waals surface area contributed by atoms with Crippen molar-refractivity contribution in [3.63, 3.8) is 0 Å². The van der Waals surface area contributed by atoms with Crippen molar-refractivity contribution in [1.82, 2.24) is 0 Å². The summed E-state index contributed by atoms with van der Waals surface area (Å²) in [6.07, 6.45) is 17.8. The Labute approximate surface area is 174 Å². The average molecular weight is 385 g/mol. The second kappa shape index (κ2) is 12.5. The van der Waals surface area contributed by atoms with E-state index in [1.165, 1.54) is 80.9 Å². The third-order valence-corrected chi connectivity index (χ3v) is 7.26. The van der Waals surface area contributed by atoms with Crippen LogP contribution in [0, 0.1) is 31.6 Å². The van der Waals surface area contributed by atoms with Gasteiger partial charge in [0.15, 0.2) is 0 Å². The molecule has 158 valence electrons. The van der Waals surface area contributed by atoms with E-state index in [4.69, 9.17) is 0 Å². The second-order valence-corrected chi connectivity index (χ2v) is 9.71. The summed E-state index contributed by atoms with van der Waals surface area (Å²) in [5.41, 5.74) is 4.15. The molecule has 0 saturated heterocycles. The van der Waals surface area contributed by atoms with Crippen LogP contribution in [0.2, 0.25) is 0 Å². The van der Waals surface area contributed by atoms with Crippen molar-refractivity contribution in [3.05, 3.63) is 34.9 Å². The number of hydrogen-bond acceptors (Lipinski definition) is 1. The van der Waals surface area contributed by atoms with Crippen molar-refractivity contribution in [3.8, 4) is 0 Å². The number of hydrogen-bond donors (Lipinski definition) is 0. The van der Waals surface area contributed by atoms with Gasteiger partial charge in [0.2, 0.25) is 0 Å². The predicted molar refractivity (Wildman–Crippen MR) is 122 cm³/mol. The van der Waals surface area contributed by atoms with Crippen LogP contribution in [-0.4, -0.2) is 6.29 Å². The van der Waals surface area contributed by atoms with Crippen molar-refractivity contribution in [2.45, 2.75) is 111 Å². The third kappa shape index (κ3) is 7.72. The van der Waals surface area contributed by atoms with Crippen LogP contribution >= 0.6 is 0 Å². The maximum absolute atomic E-state index is 10.7.